The van der Waals surface area contributed by atoms with E-state index >= 15 is 0 Å². The zero-order chi connectivity index (χ0) is 9.15. The van der Waals surface area contributed by atoms with E-state index in [-0.39, 0.29) is 5.79 Å². The van der Waals surface area contributed by atoms with Gasteiger partial charge in [0.05, 0.1) is 13.2 Å². The van der Waals surface area contributed by atoms with Gasteiger partial charge in [-0.15, -0.1) is 0 Å². The van der Waals surface area contributed by atoms with Crippen LogP contribution < -0.4 is 11.1 Å². The summed E-state index contributed by atoms with van der Waals surface area (Å²) in [4.78, 5) is 0. The fourth-order valence-electron chi connectivity index (χ4n) is 1.86. The van der Waals surface area contributed by atoms with E-state index < -0.39 is 0 Å². The molecule has 0 radical (unpaired) electrons. The van der Waals surface area contributed by atoms with E-state index in [9.17, 15) is 0 Å². The van der Waals surface area contributed by atoms with Gasteiger partial charge in [-0.1, -0.05) is 0 Å². The van der Waals surface area contributed by atoms with Gasteiger partial charge in [0.1, 0.15) is 0 Å². The number of rotatable bonds is 1. The zero-order valence-corrected chi connectivity index (χ0v) is 7.92. The largest absolute Gasteiger partial charge is 0.349 e. The standard InChI is InChI=1S/C9H18N2O2/c10-5-8-6-12-9(13-7-8)1-3-11-4-2-9/h8,11H,1-7,10H2. The van der Waals surface area contributed by atoms with Gasteiger partial charge in [0.25, 0.3) is 0 Å². The van der Waals surface area contributed by atoms with Gasteiger partial charge in [-0.2, -0.15) is 0 Å². The minimum Gasteiger partial charge on any atom is -0.349 e. The van der Waals surface area contributed by atoms with Gasteiger partial charge in [0.15, 0.2) is 5.79 Å². The Hall–Kier alpha value is -0.160. The Morgan fingerprint density at radius 2 is 1.85 bits per heavy atom. The average molecular weight is 186 g/mol. The molecule has 1 spiro atoms. The molecule has 4 nitrogen and oxygen atoms in total. The summed E-state index contributed by atoms with van der Waals surface area (Å²) in [5.41, 5.74) is 5.55. The molecule has 2 saturated heterocycles. The van der Waals surface area contributed by atoms with Crippen LogP contribution in [0.2, 0.25) is 0 Å². The summed E-state index contributed by atoms with van der Waals surface area (Å²) in [5.74, 6) is 0.109. The molecule has 2 heterocycles. The molecule has 13 heavy (non-hydrogen) atoms. The molecule has 76 valence electrons. The third-order valence-corrected chi connectivity index (χ3v) is 2.86. The summed E-state index contributed by atoms with van der Waals surface area (Å²) in [7, 11) is 0. The molecule has 4 heteroatoms. The molecule has 0 unspecified atom stereocenters. The van der Waals surface area contributed by atoms with Crippen LogP contribution in [0.25, 0.3) is 0 Å². The summed E-state index contributed by atoms with van der Waals surface area (Å²) >= 11 is 0. The summed E-state index contributed by atoms with van der Waals surface area (Å²) < 4.78 is 11.5. The fraction of sp³-hybridized carbons (Fsp3) is 1.00. The van der Waals surface area contributed by atoms with Crippen LogP contribution in [-0.2, 0) is 9.47 Å². The van der Waals surface area contributed by atoms with Crippen LogP contribution in [0.15, 0.2) is 0 Å². The van der Waals surface area contributed by atoms with Gasteiger partial charge >= 0.3 is 0 Å². The molecule has 2 fully saturated rings. The van der Waals surface area contributed by atoms with Crippen molar-refractivity contribution in [3.63, 3.8) is 0 Å². The lowest BCUT2D eigenvalue weighted by molar-refractivity contribution is -0.291. The highest BCUT2D eigenvalue weighted by Gasteiger charge is 2.38. The molecule has 0 bridgehead atoms. The molecule has 0 saturated carbocycles. The normalized spacial score (nSPS) is 29.3. The lowest BCUT2D eigenvalue weighted by Crippen LogP contribution is -2.51. The van der Waals surface area contributed by atoms with Crippen molar-refractivity contribution in [3.05, 3.63) is 0 Å². The number of nitrogens with one attached hydrogen (secondary N) is 1. The molecular weight excluding hydrogens is 168 g/mol. The van der Waals surface area contributed by atoms with Gasteiger partial charge in [-0.05, 0) is 6.54 Å². The third-order valence-electron chi connectivity index (χ3n) is 2.86. The number of piperidine rings is 1. The quantitative estimate of drug-likeness (QED) is 0.589. The Labute approximate surface area is 78.8 Å². The van der Waals surface area contributed by atoms with E-state index in [4.69, 9.17) is 15.2 Å². The topological polar surface area (TPSA) is 56.5 Å². The second-order valence-corrected chi connectivity index (χ2v) is 3.88. The average Bonchev–Trinajstić information content (AvgIpc) is 2.20. The van der Waals surface area contributed by atoms with Crippen molar-refractivity contribution < 1.29 is 9.47 Å². The van der Waals surface area contributed by atoms with Crippen LogP contribution in [0.5, 0.6) is 0 Å². The molecule has 0 atom stereocenters. The van der Waals surface area contributed by atoms with Gasteiger partial charge in [-0.25, -0.2) is 0 Å². The first-order valence-electron chi connectivity index (χ1n) is 5.03. The minimum absolute atomic E-state index is 0.281. The van der Waals surface area contributed by atoms with E-state index in [0.29, 0.717) is 12.5 Å². The minimum atomic E-state index is -0.281. The third kappa shape index (κ3) is 2.02. The van der Waals surface area contributed by atoms with E-state index in [1.54, 1.807) is 0 Å². The van der Waals surface area contributed by atoms with Crippen LogP contribution in [0, 0.1) is 5.92 Å². The Kier molecular flexibility index (Phi) is 2.83. The maximum absolute atomic E-state index is 5.77. The van der Waals surface area contributed by atoms with Gasteiger partial charge in [0, 0.05) is 31.8 Å². The molecule has 2 aliphatic heterocycles. The van der Waals surface area contributed by atoms with Gasteiger partial charge < -0.3 is 20.5 Å². The first-order chi connectivity index (χ1) is 6.35. The molecule has 0 aromatic rings. The first kappa shape index (κ1) is 9.40. The molecule has 0 aliphatic carbocycles. The smallest absolute Gasteiger partial charge is 0.170 e. The Bertz CT molecular complexity index is 159. The predicted molar refractivity (Wildman–Crippen MR) is 49.3 cm³/mol. The lowest BCUT2D eigenvalue weighted by Gasteiger charge is -2.42. The van der Waals surface area contributed by atoms with Crippen molar-refractivity contribution in [2.75, 3.05) is 32.8 Å². The SMILES string of the molecule is NCC1COC2(CCNCC2)OC1. The van der Waals surface area contributed by atoms with Crippen LogP contribution in [-0.4, -0.2) is 38.6 Å². The van der Waals surface area contributed by atoms with Crippen molar-refractivity contribution in [2.45, 2.75) is 18.6 Å². The second-order valence-electron chi connectivity index (χ2n) is 3.88. The van der Waals surface area contributed by atoms with Crippen LogP contribution in [0.4, 0.5) is 0 Å². The molecular formula is C9H18N2O2. The maximum atomic E-state index is 5.77. The summed E-state index contributed by atoms with van der Waals surface area (Å²) in [6, 6.07) is 0. The van der Waals surface area contributed by atoms with E-state index in [2.05, 4.69) is 5.32 Å². The van der Waals surface area contributed by atoms with Crippen molar-refractivity contribution in [2.24, 2.45) is 11.7 Å². The fourth-order valence-corrected chi connectivity index (χ4v) is 1.86. The monoisotopic (exact) mass is 186 g/mol. The first-order valence-corrected chi connectivity index (χ1v) is 5.03. The summed E-state index contributed by atoms with van der Waals surface area (Å²) in [6.45, 7) is 4.17. The highest BCUT2D eigenvalue weighted by molar-refractivity contribution is 4.81. The van der Waals surface area contributed by atoms with Crippen LogP contribution in [0.1, 0.15) is 12.8 Å². The van der Waals surface area contributed by atoms with Gasteiger partial charge in [-0.3, -0.25) is 0 Å². The molecule has 3 N–H and O–H groups in total. The van der Waals surface area contributed by atoms with Crippen molar-refractivity contribution in [3.8, 4) is 0 Å². The van der Waals surface area contributed by atoms with Crippen molar-refractivity contribution >= 4 is 0 Å². The summed E-state index contributed by atoms with van der Waals surface area (Å²) in [6.07, 6.45) is 1.93. The number of hydrogen-bond donors (Lipinski definition) is 2. The number of nitrogens with two attached hydrogens (primary N) is 1. The Morgan fingerprint density at radius 3 is 2.38 bits per heavy atom. The Balaban J connectivity index is 1.87. The van der Waals surface area contributed by atoms with Crippen molar-refractivity contribution in [1.82, 2.24) is 5.32 Å². The molecule has 0 aromatic carbocycles. The number of ether oxygens (including phenoxy) is 2. The highest BCUT2D eigenvalue weighted by atomic mass is 16.7. The van der Waals surface area contributed by atoms with Crippen LogP contribution >= 0.6 is 0 Å². The maximum Gasteiger partial charge on any atom is 0.170 e. The van der Waals surface area contributed by atoms with E-state index in [0.717, 1.165) is 39.1 Å². The zero-order valence-electron chi connectivity index (χ0n) is 7.92. The van der Waals surface area contributed by atoms with Crippen LogP contribution in [0.3, 0.4) is 0 Å². The molecule has 2 aliphatic rings. The highest BCUT2D eigenvalue weighted by Crippen LogP contribution is 2.29. The number of hydrogen-bond acceptors (Lipinski definition) is 4. The van der Waals surface area contributed by atoms with Gasteiger partial charge in [0.2, 0.25) is 0 Å². The van der Waals surface area contributed by atoms with Crippen molar-refractivity contribution in [1.29, 1.82) is 0 Å². The lowest BCUT2D eigenvalue weighted by atomic mass is 10.0. The molecule has 0 aromatic heterocycles. The Morgan fingerprint density at radius 1 is 1.23 bits per heavy atom. The molecule has 0 amide bonds. The summed E-state index contributed by atoms with van der Waals surface area (Å²) in [5, 5.41) is 3.30. The van der Waals surface area contributed by atoms with E-state index in [1.807, 2.05) is 0 Å². The predicted octanol–water partition coefficient (Wildman–Crippen LogP) is -0.312. The molecule has 2 rings (SSSR count). The second kappa shape index (κ2) is 3.92. The van der Waals surface area contributed by atoms with E-state index in [1.165, 1.54) is 0 Å².